The summed E-state index contributed by atoms with van der Waals surface area (Å²) in [4.78, 5) is 12.2. The Labute approximate surface area is 182 Å². The largest absolute Gasteiger partial charge is 0.494 e. The number of rotatable bonds is 10. The van der Waals surface area contributed by atoms with Gasteiger partial charge in [0.05, 0.1) is 12.8 Å². The zero-order valence-corrected chi connectivity index (χ0v) is 17.7. The number of hydrazone groups is 1. The lowest BCUT2D eigenvalue weighted by Gasteiger charge is -2.13. The molecule has 0 aliphatic rings. The van der Waals surface area contributed by atoms with Crippen LogP contribution < -0.4 is 19.6 Å². The predicted octanol–water partition coefficient (Wildman–Crippen LogP) is 4.58. The van der Waals surface area contributed by atoms with E-state index in [1.807, 2.05) is 73.7 Å². The van der Waals surface area contributed by atoms with Crippen LogP contribution in [-0.4, -0.2) is 24.8 Å². The first-order valence-electron chi connectivity index (χ1n) is 10.1. The number of benzene rings is 3. The van der Waals surface area contributed by atoms with Crippen molar-refractivity contribution in [2.75, 3.05) is 6.61 Å². The van der Waals surface area contributed by atoms with Crippen LogP contribution in [0.4, 0.5) is 0 Å². The highest BCUT2D eigenvalue weighted by atomic mass is 16.5. The van der Waals surface area contributed by atoms with Crippen LogP contribution in [0.5, 0.6) is 17.2 Å². The van der Waals surface area contributed by atoms with E-state index in [0.717, 1.165) is 22.6 Å². The Hall–Kier alpha value is -3.80. The molecule has 0 fully saturated rings. The summed E-state index contributed by atoms with van der Waals surface area (Å²) < 4.78 is 16.8. The third kappa shape index (κ3) is 7.19. The van der Waals surface area contributed by atoms with Gasteiger partial charge in [0, 0.05) is 0 Å². The summed E-state index contributed by atoms with van der Waals surface area (Å²) in [6, 6.07) is 24.5. The lowest BCUT2D eigenvalue weighted by Crippen LogP contribution is -2.33. The summed E-state index contributed by atoms with van der Waals surface area (Å²) in [6.07, 6.45) is 0.868. The van der Waals surface area contributed by atoms with Gasteiger partial charge in [-0.3, -0.25) is 4.79 Å². The van der Waals surface area contributed by atoms with Crippen molar-refractivity contribution in [1.82, 2.24) is 5.43 Å². The van der Waals surface area contributed by atoms with Gasteiger partial charge >= 0.3 is 0 Å². The van der Waals surface area contributed by atoms with Gasteiger partial charge < -0.3 is 14.2 Å². The van der Waals surface area contributed by atoms with Crippen LogP contribution >= 0.6 is 0 Å². The Kier molecular flexibility index (Phi) is 8.05. The van der Waals surface area contributed by atoms with Crippen LogP contribution in [0.2, 0.25) is 0 Å². The van der Waals surface area contributed by atoms with Crippen LogP contribution in [-0.2, 0) is 11.4 Å². The van der Waals surface area contributed by atoms with Gasteiger partial charge in [-0.2, -0.15) is 5.10 Å². The molecule has 1 N–H and O–H groups in total. The van der Waals surface area contributed by atoms with E-state index >= 15 is 0 Å². The van der Waals surface area contributed by atoms with Gasteiger partial charge in [-0.05, 0) is 73.5 Å². The second kappa shape index (κ2) is 11.4. The van der Waals surface area contributed by atoms with E-state index in [9.17, 15) is 4.79 Å². The van der Waals surface area contributed by atoms with E-state index in [-0.39, 0.29) is 5.91 Å². The van der Waals surface area contributed by atoms with Gasteiger partial charge in [0.15, 0.2) is 6.10 Å². The molecule has 0 saturated carbocycles. The molecule has 0 aliphatic heterocycles. The van der Waals surface area contributed by atoms with E-state index in [0.29, 0.717) is 19.0 Å². The number of amides is 1. The monoisotopic (exact) mass is 418 g/mol. The molecule has 1 unspecified atom stereocenters. The average Bonchev–Trinajstić information content (AvgIpc) is 2.80. The minimum Gasteiger partial charge on any atom is -0.494 e. The summed E-state index contributed by atoms with van der Waals surface area (Å²) in [6.45, 7) is 4.71. The van der Waals surface area contributed by atoms with Crippen LogP contribution in [0.15, 0.2) is 84.0 Å². The Bertz CT molecular complexity index is 971. The average molecular weight is 418 g/mol. The predicted molar refractivity (Wildman–Crippen MR) is 121 cm³/mol. The molecule has 3 aromatic rings. The fraction of sp³-hybridized carbons (Fsp3) is 0.200. The number of hydrogen-bond donors (Lipinski definition) is 1. The molecule has 3 aromatic carbocycles. The molecule has 0 aromatic heterocycles. The molecule has 0 radical (unpaired) electrons. The standard InChI is InChI=1S/C25H26N2O4/c1-3-29-22-11-9-20(10-12-22)17-26-27-25(28)19(2)31-24-15-13-23(14-16-24)30-18-21-7-5-4-6-8-21/h4-17,19H,3,18H2,1-2H3,(H,27,28). The number of hydrogen-bond acceptors (Lipinski definition) is 5. The maximum atomic E-state index is 12.2. The van der Waals surface area contributed by atoms with Gasteiger partial charge in [0.1, 0.15) is 23.9 Å². The molecular formula is C25H26N2O4. The highest BCUT2D eigenvalue weighted by Crippen LogP contribution is 2.19. The molecule has 3 rings (SSSR count). The molecule has 1 amide bonds. The van der Waals surface area contributed by atoms with Crippen molar-refractivity contribution < 1.29 is 19.0 Å². The van der Waals surface area contributed by atoms with Crippen LogP contribution in [0, 0.1) is 0 Å². The van der Waals surface area contributed by atoms with E-state index in [1.54, 1.807) is 25.3 Å². The molecule has 0 aliphatic carbocycles. The summed E-state index contributed by atoms with van der Waals surface area (Å²) in [5, 5.41) is 3.98. The summed E-state index contributed by atoms with van der Waals surface area (Å²) in [5.74, 6) is 1.76. The van der Waals surface area contributed by atoms with Crippen molar-refractivity contribution in [1.29, 1.82) is 0 Å². The zero-order chi connectivity index (χ0) is 21.9. The Morgan fingerprint density at radius 3 is 2.19 bits per heavy atom. The van der Waals surface area contributed by atoms with Crippen molar-refractivity contribution in [3.8, 4) is 17.2 Å². The van der Waals surface area contributed by atoms with Crippen LogP contribution in [0.3, 0.4) is 0 Å². The van der Waals surface area contributed by atoms with Gasteiger partial charge in [-0.1, -0.05) is 30.3 Å². The third-order valence-electron chi connectivity index (χ3n) is 4.33. The highest BCUT2D eigenvalue weighted by molar-refractivity contribution is 5.84. The second-order valence-electron chi connectivity index (χ2n) is 6.74. The van der Waals surface area contributed by atoms with Crippen LogP contribution in [0.25, 0.3) is 0 Å². The van der Waals surface area contributed by atoms with Crippen molar-refractivity contribution >= 4 is 12.1 Å². The summed E-state index contributed by atoms with van der Waals surface area (Å²) >= 11 is 0. The Morgan fingerprint density at radius 1 is 0.903 bits per heavy atom. The van der Waals surface area contributed by atoms with Crippen molar-refractivity contribution in [2.45, 2.75) is 26.6 Å². The maximum Gasteiger partial charge on any atom is 0.280 e. The van der Waals surface area contributed by atoms with Crippen molar-refractivity contribution in [2.24, 2.45) is 5.10 Å². The summed E-state index contributed by atoms with van der Waals surface area (Å²) in [7, 11) is 0. The van der Waals surface area contributed by atoms with Crippen LogP contribution in [0.1, 0.15) is 25.0 Å². The zero-order valence-electron chi connectivity index (χ0n) is 17.7. The molecule has 0 heterocycles. The maximum absolute atomic E-state index is 12.2. The minimum absolute atomic E-state index is 0.341. The van der Waals surface area contributed by atoms with Crippen molar-refractivity contribution in [3.63, 3.8) is 0 Å². The van der Waals surface area contributed by atoms with Gasteiger partial charge in [-0.15, -0.1) is 0 Å². The molecular weight excluding hydrogens is 392 g/mol. The smallest absolute Gasteiger partial charge is 0.280 e. The molecule has 160 valence electrons. The molecule has 6 nitrogen and oxygen atoms in total. The third-order valence-corrected chi connectivity index (χ3v) is 4.33. The lowest BCUT2D eigenvalue weighted by molar-refractivity contribution is -0.127. The first kappa shape index (κ1) is 21.9. The molecule has 0 saturated heterocycles. The topological polar surface area (TPSA) is 69.2 Å². The first-order chi connectivity index (χ1) is 15.1. The number of nitrogens with zero attached hydrogens (tertiary/aromatic N) is 1. The summed E-state index contributed by atoms with van der Waals surface area (Å²) in [5.41, 5.74) is 4.44. The second-order valence-corrected chi connectivity index (χ2v) is 6.74. The Morgan fingerprint density at radius 2 is 1.52 bits per heavy atom. The number of ether oxygens (including phenoxy) is 3. The molecule has 0 bridgehead atoms. The van der Waals surface area contributed by atoms with Gasteiger partial charge in [-0.25, -0.2) is 5.43 Å². The quantitative estimate of drug-likeness (QED) is 0.386. The van der Waals surface area contributed by atoms with E-state index in [2.05, 4.69) is 10.5 Å². The molecule has 31 heavy (non-hydrogen) atoms. The molecule has 0 spiro atoms. The number of nitrogens with one attached hydrogen (secondary N) is 1. The molecule has 1 atom stereocenters. The Balaban J connectivity index is 1.44. The molecule has 6 heteroatoms. The lowest BCUT2D eigenvalue weighted by atomic mass is 10.2. The SMILES string of the molecule is CCOc1ccc(C=NNC(=O)C(C)Oc2ccc(OCc3ccccc3)cc2)cc1. The van der Waals surface area contributed by atoms with Gasteiger partial charge in [0.2, 0.25) is 0 Å². The highest BCUT2D eigenvalue weighted by Gasteiger charge is 2.14. The van der Waals surface area contributed by atoms with Crippen molar-refractivity contribution in [3.05, 3.63) is 90.0 Å². The number of carbonyl (C=O) groups excluding carboxylic acids is 1. The number of carbonyl (C=O) groups is 1. The normalized spacial score (nSPS) is 11.7. The van der Waals surface area contributed by atoms with Gasteiger partial charge in [0.25, 0.3) is 5.91 Å². The fourth-order valence-corrected chi connectivity index (χ4v) is 2.69. The van der Waals surface area contributed by atoms with E-state index in [1.165, 1.54) is 0 Å². The van der Waals surface area contributed by atoms with E-state index in [4.69, 9.17) is 14.2 Å². The fourth-order valence-electron chi connectivity index (χ4n) is 2.69. The van der Waals surface area contributed by atoms with E-state index < -0.39 is 6.10 Å². The first-order valence-corrected chi connectivity index (χ1v) is 10.1. The minimum atomic E-state index is -0.700.